The quantitative estimate of drug-likeness (QED) is 0.612. The second kappa shape index (κ2) is 2.14. The van der Waals surface area contributed by atoms with Gasteiger partial charge in [0, 0.05) is 0 Å². The molecule has 0 fully saturated rings. The monoisotopic (exact) mass is 190 g/mol. The summed E-state index contributed by atoms with van der Waals surface area (Å²) in [5.74, 6) is -1.35. The van der Waals surface area contributed by atoms with E-state index in [-0.39, 0.29) is 10.3 Å². The Morgan fingerprint density at radius 2 is 2.33 bits per heavy atom. The van der Waals surface area contributed by atoms with Crippen LogP contribution in [0.1, 0.15) is 10.5 Å². The Bertz CT molecular complexity index is 233. The number of rotatable bonds is 1. The highest BCUT2D eigenvalue weighted by atomic mass is 79.9. The number of H-pyrrole nitrogens is 1. The van der Waals surface area contributed by atoms with E-state index in [9.17, 15) is 9.90 Å². The predicted octanol–water partition coefficient (Wildman–Crippen LogP) is -1.07. The molecule has 1 rings (SSSR count). The van der Waals surface area contributed by atoms with Gasteiger partial charge in [0.05, 0.1) is 5.97 Å². The molecule has 9 heavy (non-hydrogen) atoms. The maximum atomic E-state index is 10.0. The molecule has 1 aromatic rings. The molecule has 0 bridgehead atoms. The Labute approximate surface area is 58.2 Å². The normalized spacial score (nSPS) is 9.44. The van der Waals surface area contributed by atoms with Crippen LogP contribution >= 0.6 is 15.9 Å². The first-order valence-corrected chi connectivity index (χ1v) is 2.78. The van der Waals surface area contributed by atoms with Crippen LogP contribution < -0.4 is 5.11 Å². The topological polar surface area (TPSA) is 81.7 Å². The Hall–Kier alpha value is -0.910. The summed E-state index contributed by atoms with van der Waals surface area (Å²) in [6.45, 7) is 0. The van der Waals surface area contributed by atoms with Crippen molar-refractivity contribution < 1.29 is 9.90 Å². The van der Waals surface area contributed by atoms with Crippen molar-refractivity contribution in [1.82, 2.24) is 15.4 Å². The van der Waals surface area contributed by atoms with Crippen molar-refractivity contribution in [3.63, 3.8) is 0 Å². The van der Waals surface area contributed by atoms with Crippen molar-refractivity contribution in [2.24, 2.45) is 0 Å². The molecule has 1 heterocycles. The van der Waals surface area contributed by atoms with E-state index in [4.69, 9.17) is 0 Å². The van der Waals surface area contributed by atoms with Gasteiger partial charge in [-0.05, 0) is 15.9 Å². The highest BCUT2D eigenvalue weighted by Crippen LogP contribution is 2.06. The van der Waals surface area contributed by atoms with Crippen molar-refractivity contribution in [2.45, 2.75) is 0 Å². The fourth-order valence-electron chi connectivity index (χ4n) is 0.348. The lowest BCUT2D eigenvalue weighted by Gasteiger charge is -1.91. The Kier molecular flexibility index (Phi) is 1.48. The van der Waals surface area contributed by atoms with Crippen LogP contribution in [-0.2, 0) is 0 Å². The van der Waals surface area contributed by atoms with Crippen LogP contribution in [0.15, 0.2) is 4.60 Å². The molecular formula is C3HBrN3O2-. The van der Waals surface area contributed by atoms with E-state index >= 15 is 0 Å². The standard InChI is InChI=1S/C3H2BrN3O2/c4-2-1(3(8)9)5-7-6-2/h(H,8,9)(H,5,6,7)/p-1. The fourth-order valence-corrected chi connectivity index (χ4v) is 0.678. The summed E-state index contributed by atoms with van der Waals surface area (Å²) < 4.78 is 0.155. The SMILES string of the molecule is O=C([O-])c1n[nH]nc1Br. The van der Waals surface area contributed by atoms with Crippen LogP contribution in [-0.4, -0.2) is 21.4 Å². The molecule has 1 aromatic heterocycles. The molecule has 0 saturated carbocycles. The maximum absolute atomic E-state index is 10.0. The van der Waals surface area contributed by atoms with E-state index < -0.39 is 5.97 Å². The lowest BCUT2D eigenvalue weighted by atomic mass is 10.5. The molecule has 0 unspecified atom stereocenters. The molecular weight excluding hydrogens is 190 g/mol. The van der Waals surface area contributed by atoms with Gasteiger partial charge in [-0.1, -0.05) is 0 Å². The molecule has 6 heteroatoms. The van der Waals surface area contributed by atoms with Gasteiger partial charge in [-0.25, -0.2) is 0 Å². The van der Waals surface area contributed by atoms with Crippen molar-refractivity contribution in [3.05, 3.63) is 10.3 Å². The number of carbonyl (C=O) groups excluding carboxylic acids is 1. The number of aromatic amines is 1. The second-order valence-electron chi connectivity index (χ2n) is 1.25. The maximum Gasteiger partial charge on any atom is 0.157 e. The lowest BCUT2D eigenvalue weighted by molar-refractivity contribution is -0.255. The average Bonchev–Trinajstić information content (AvgIpc) is 2.13. The summed E-state index contributed by atoms with van der Waals surface area (Å²) in [4.78, 5) is 10.0. The number of halogens is 1. The lowest BCUT2D eigenvalue weighted by Crippen LogP contribution is -2.23. The van der Waals surface area contributed by atoms with Gasteiger partial charge in [-0.2, -0.15) is 10.3 Å². The van der Waals surface area contributed by atoms with E-state index in [2.05, 4.69) is 31.3 Å². The van der Waals surface area contributed by atoms with E-state index in [1.54, 1.807) is 0 Å². The zero-order valence-electron chi connectivity index (χ0n) is 4.09. The van der Waals surface area contributed by atoms with Gasteiger partial charge >= 0.3 is 0 Å². The van der Waals surface area contributed by atoms with Crippen molar-refractivity contribution >= 4 is 21.9 Å². The smallest absolute Gasteiger partial charge is 0.157 e. The van der Waals surface area contributed by atoms with Gasteiger partial charge in [-0.3, -0.25) is 0 Å². The summed E-state index contributed by atoms with van der Waals surface area (Å²) in [5.41, 5.74) is -0.213. The largest absolute Gasteiger partial charge is 0.543 e. The third-order valence-electron chi connectivity index (χ3n) is 0.699. The van der Waals surface area contributed by atoms with Gasteiger partial charge in [0.2, 0.25) is 0 Å². The van der Waals surface area contributed by atoms with E-state index in [0.717, 1.165) is 0 Å². The molecule has 0 saturated heterocycles. The van der Waals surface area contributed by atoms with Crippen molar-refractivity contribution in [1.29, 1.82) is 0 Å². The number of aromatic carboxylic acids is 1. The molecule has 1 N–H and O–H groups in total. The van der Waals surface area contributed by atoms with E-state index in [0.29, 0.717) is 0 Å². The molecule has 0 aliphatic heterocycles. The van der Waals surface area contributed by atoms with Gasteiger partial charge in [-0.15, -0.1) is 5.10 Å². The fraction of sp³-hybridized carbons (Fsp3) is 0. The van der Waals surface area contributed by atoms with E-state index in [1.165, 1.54) is 0 Å². The summed E-state index contributed by atoms with van der Waals surface area (Å²) in [7, 11) is 0. The molecule has 48 valence electrons. The molecule has 0 atom stereocenters. The third kappa shape index (κ3) is 1.07. The Morgan fingerprint density at radius 1 is 1.67 bits per heavy atom. The second-order valence-corrected chi connectivity index (χ2v) is 2.00. The minimum Gasteiger partial charge on any atom is -0.543 e. The number of aromatic nitrogens is 3. The van der Waals surface area contributed by atoms with Gasteiger partial charge < -0.3 is 9.90 Å². The van der Waals surface area contributed by atoms with Crippen LogP contribution in [0, 0.1) is 0 Å². The molecule has 0 radical (unpaired) electrons. The van der Waals surface area contributed by atoms with Crippen LogP contribution in [0.3, 0.4) is 0 Å². The number of hydrogen-bond donors (Lipinski definition) is 1. The number of nitrogens with one attached hydrogen (secondary N) is 1. The Morgan fingerprint density at radius 3 is 2.56 bits per heavy atom. The zero-order chi connectivity index (χ0) is 6.85. The Balaban J connectivity index is 3.08. The molecule has 0 amide bonds. The van der Waals surface area contributed by atoms with Crippen LogP contribution in [0.25, 0.3) is 0 Å². The zero-order valence-corrected chi connectivity index (χ0v) is 5.67. The minimum absolute atomic E-state index is 0.155. The number of carboxylic acids is 1. The first kappa shape index (κ1) is 6.21. The van der Waals surface area contributed by atoms with Gasteiger partial charge in [0.25, 0.3) is 0 Å². The molecule has 5 nitrogen and oxygen atoms in total. The highest BCUT2D eigenvalue weighted by molar-refractivity contribution is 9.10. The van der Waals surface area contributed by atoms with Crippen LogP contribution in [0.4, 0.5) is 0 Å². The van der Waals surface area contributed by atoms with Crippen molar-refractivity contribution in [3.8, 4) is 0 Å². The summed E-state index contributed by atoms with van der Waals surface area (Å²) in [5, 5.41) is 18.8. The van der Waals surface area contributed by atoms with E-state index in [1.807, 2.05) is 0 Å². The summed E-state index contributed by atoms with van der Waals surface area (Å²) >= 11 is 2.84. The predicted molar refractivity (Wildman–Crippen MR) is 28.4 cm³/mol. The minimum atomic E-state index is -1.35. The molecule has 0 aliphatic carbocycles. The third-order valence-corrected chi connectivity index (χ3v) is 1.25. The molecule has 0 aliphatic rings. The molecule has 0 aromatic carbocycles. The summed E-state index contributed by atoms with van der Waals surface area (Å²) in [6, 6.07) is 0. The summed E-state index contributed by atoms with van der Waals surface area (Å²) in [6.07, 6.45) is 0. The highest BCUT2D eigenvalue weighted by Gasteiger charge is 2.02. The number of hydrogen-bond acceptors (Lipinski definition) is 4. The van der Waals surface area contributed by atoms with Gasteiger partial charge in [0.1, 0.15) is 5.69 Å². The first-order chi connectivity index (χ1) is 4.22. The number of nitrogens with zero attached hydrogens (tertiary/aromatic N) is 2. The van der Waals surface area contributed by atoms with Crippen LogP contribution in [0.2, 0.25) is 0 Å². The number of carboxylic acid groups (broad SMARTS) is 1. The van der Waals surface area contributed by atoms with Crippen LogP contribution in [0.5, 0.6) is 0 Å². The molecule has 0 spiro atoms. The van der Waals surface area contributed by atoms with Gasteiger partial charge in [0.15, 0.2) is 4.60 Å². The first-order valence-electron chi connectivity index (χ1n) is 1.99. The average molecular weight is 191 g/mol. The number of carbonyl (C=O) groups is 1. The van der Waals surface area contributed by atoms with Crippen molar-refractivity contribution in [2.75, 3.05) is 0 Å².